The lowest BCUT2D eigenvalue weighted by Crippen LogP contribution is -2.33. The minimum atomic E-state index is -6.72. The van der Waals surface area contributed by atoms with E-state index in [0.717, 1.165) is 10.7 Å². The molecule has 0 unspecified atom stereocenters. The van der Waals surface area contributed by atoms with E-state index >= 15 is 0 Å². The maximum Gasteiger partial charge on any atom is 0.480 e. The molecular formula is C12H16F6N2O4S2. The number of rotatable bonds is 4. The minimum absolute atomic E-state index is 0.778. The zero-order valence-corrected chi connectivity index (χ0v) is 15.4. The van der Waals surface area contributed by atoms with Gasteiger partial charge in [-0.15, -0.1) is 0 Å². The van der Waals surface area contributed by atoms with Crippen molar-refractivity contribution in [2.45, 2.75) is 44.8 Å². The van der Waals surface area contributed by atoms with Crippen molar-refractivity contribution >= 4 is 20.0 Å². The van der Waals surface area contributed by atoms with Crippen LogP contribution in [0.5, 0.6) is 0 Å². The third-order valence-electron chi connectivity index (χ3n) is 2.46. The quantitative estimate of drug-likeness (QED) is 0.543. The molecule has 0 saturated carbocycles. The van der Waals surface area contributed by atoms with Gasteiger partial charge in [0.1, 0.15) is 6.54 Å². The first-order valence-electron chi connectivity index (χ1n) is 6.77. The summed E-state index contributed by atoms with van der Waals surface area (Å²) in [6.45, 7) is 7.60. The summed E-state index contributed by atoms with van der Waals surface area (Å²) in [5.41, 5.74) is -9.71. The average molecular weight is 430 g/mol. The number of hydrogen-bond donors (Lipinski definition) is 0. The van der Waals surface area contributed by atoms with E-state index in [1.165, 1.54) is 17.5 Å². The van der Waals surface area contributed by atoms with Crippen molar-refractivity contribution in [1.29, 1.82) is 0 Å². The molecule has 0 aromatic carbocycles. The minimum Gasteiger partial charge on any atom is -0.421 e. The maximum absolute atomic E-state index is 11.4. The van der Waals surface area contributed by atoms with Crippen molar-refractivity contribution in [3.05, 3.63) is 33.7 Å². The van der Waals surface area contributed by atoms with Crippen molar-refractivity contribution in [2.24, 2.45) is 0 Å². The number of alkyl halides is 6. The van der Waals surface area contributed by atoms with Crippen LogP contribution in [0, 0.1) is 13.8 Å². The number of nitrogens with zero attached hydrogens (tertiary/aromatic N) is 2. The lowest BCUT2D eigenvalue weighted by Gasteiger charge is -2.22. The Kier molecular flexibility index (Phi) is 8.06. The monoisotopic (exact) mass is 430 g/mol. The topological polar surface area (TPSA) is 86.3 Å². The Bertz CT molecular complexity index is 755. The highest BCUT2D eigenvalue weighted by atomic mass is 32.3. The first-order valence-corrected chi connectivity index (χ1v) is 9.65. The highest BCUT2D eigenvalue weighted by Crippen LogP contribution is 2.36. The average Bonchev–Trinajstić information content (AvgIpc) is 2.34. The zero-order valence-electron chi connectivity index (χ0n) is 13.8. The Balaban J connectivity index is 0.000000502. The largest absolute Gasteiger partial charge is 0.480 e. The fourth-order valence-electron chi connectivity index (χ4n) is 1.60. The van der Waals surface area contributed by atoms with Gasteiger partial charge in [0.2, 0.25) is 0 Å². The molecule has 0 N–H and O–H groups in total. The van der Waals surface area contributed by atoms with E-state index < -0.39 is 31.1 Å². The van der Waals surface area contributed by atoms with Gasteiger partial charge in [-0.2, -0.15) is 26.3 Å². The fourth-order valence-corrected chi connectivity index (χ4v) is 3.30. The standard InChI is InChI=1S/C10H16N.C2F6NO4S2/c1-4-5-11-7-9(2)6-10(3)8-11;3-1(4,5)14(10,11)9-15(12,13)2(6,7)8/h6-8H,4-5H2,1-3H3;/q+1;-1. The van der Waals surface area contributed by atoms with Crippen LogP contribution in [0.4, 0.5) is 26.3 Å². The third kappa shape index (κ3) is 7.45. The molecule has 1 rings (SSSR count). The Morgan fingerprint density at radius 1 is 0.885 bits per heavy atom. The smallest absolute Gasteiger partial charge is 0.421 e. The molecule has 0 aliphatic rings. The summed E-state index contributed by atoms with van der Waals surface area (Å²) in [6, 6.07) is 2.20. The summed E-state index contributed by atoms with van der Waals surface area (Å²) >= 11 is 0. The van der Waals surface area contributed by atoms with E-state index in [1.54, 1.807) is 0 Å². The van der Waals surface area contributed by atoms with Crippen LogP contribution in [-0.4, -0.2) is 27.9 Å². The molecule has 1 heterocycles. The molecule has 0 atom stereocenters. The molecule has 0 amide bonds. The van der Waals surface area contributed by atoms with Crippen molar-refractivity contribution in [1.82, 2.24) is 0 Å². The van der Waals surface area contributed by atoms with Crippen molar-refractivity contribution in [2.75, 3.05) is 0 Å². The number of aryl methyl sites for hydroxylation is 3. The van der Waals surface area contributed by atoms with E-state index in [1.807, 2.05) is 0 Å². The van der Waals surface area contributed by atoms with Gasteiger partial charge in [0.15, 0.2) is 32.4 Å². The van der Waals surface area contributed by atoms with Crippen molar-refractivity contribution in [3.8, 4) is 0 Å². The fraction of sp³-hybridized carbons (Fsp3) is 0.583. The van der Waals surface area contributed by atoms with Crippen LogP contribution in [0.25, 0.3) is 4.13 Å². The molecule has 1 aromatic rings. The van der Waals surface area contributed by atoms with Gasteiger partial charge in [-0.1, -0.05) is 6.92 Å². The predicted molar refractivity (Wildman–Crippen MR) is 79.7 cm³/mol. The molecule has 0 bridgehead atoms. The molecule has 0 radical (unpaired) electrons. The Morgan fingerprint density at radius 2 is 1.23 bits per heavy atom. The van der Waals surface area contributed by atoms with E-state index in [9.17, 15) is 43.2 Å². The lowest BCUT2D eigenvalue weighted by atomic mass is 10.2. The summed E-state index contributed by atoms with van der Waals surface area (Å²) in [5, 5.41) is 0. The highest BCUT2D eigenvalue weighted by Gasteiger charge is 2.46. The van der Waals surface area contributed by atoms with Crippen molar-refractivity contribution in [3.63, 3.8) is 0 Å². The van der Waals surface area contributed by atoms with E-state index in [-0.39, 0.29) is 0 Å². The molecule has 26 heavy (non-hydrogen) atoms. The van der Waals surface area contributed by atoms with E-state index in [2.05, 4.69) is 43.8 Å². The molecule has 0 aliphatic carbocycles. The van der Waals surface area contributed by atoms with Crippen LogP contribution in [-0.2, 0) is 26.6 Å². The lowest BCUT2D eigenvalue weighted by molar-refractivity contribution is -0.697. The molecule has 152 valence electrons. The van der Waals surface area contributed by atoms with Gasteiger partial charge in [-0.3, -0.25) is 0 Å². The molecule has 14 heteroatoms. The summed E-state index contributed by atoms with van der Waals surface area (Å²) < 4.78 is 111. The number of sulfonamides is 2. The molecule has 0 aliphatic heterocycles. The predicted octanol–water partition coefficient (Wildman–Crippen LogP) is 3.06. The van der Waals surface area contributed by atoms with Gasteiger partial charge in [0.05, 0.1) is 0 Å². The molecule has 1 aromatic heterocycles. The summed E-state index contributed by atoms with van der Waals surface area (Å²) in [6.07, 6.45) is 5.58. The van der Waals surface area contributed by atoms with Gasteiger partial charge in [0.25, 0.3) is 0 Å². The Labute approximate surface area is 146 Å². The molecule has 0 saturated heterocycles. The van der Waals surface area contributed by atoms with E-state index in [0.29, 0.717) is 0 Å². The molecular weight excluding hydrogens is 414 g/mol. The second-order valence-corrected chi connectivity index (χ2v) is 8.47. The van der Waals surface area contributed by atoms with Crippen LogP contribution in [0.1, 0.15) is 24.5 Å². The number of aromatic nitrogens is 1. The first-order chi connectivity index (χ1) is 11.4. The normalized spacial score (nSPS) is 13.1. The maximum atomic E-state index is 11.4. The summed E-state index contributed by atoms with van der Waals surface area (Å²) in [5.74, 6) is 0. The Hall–Kier alpha value is -1.41. The summed E-state index contributed by atoms with van der Waals surface area (Å²) in [7, 11) is -13.4. The van der Waals surface area contributed by atoms with Crippen LogP contribution < -0.4 is 4.57 Å². The highest BCUT2D eigenvalue weighted by molar-refractivity contribution is 8.13. The van der Waals surface area contributed by atoms with Crippen LogP contribution in [0.2, 0.25) is 0 Å². The van der Waals surface area contributed by atoms with Gasteiger partial charge in [0, 0.05) is 17.5 Å². The van der Waals surface area contributed by atoms with Gasteiger partial charge < -0.3 is 4.13 Å². The second kappa shape index (κ2) is 8.52. The number of pyridine rings is 1. The van der Waals surface area contributed by atoms with Crippen LogP contribution >= 0.6 is 0 Å². The van der Waals surface area contributed by atoms with Crippen molar-refractivity contribution < 1.29 is 47.7 Å². The SMILES string of the molecule is CCC[n+]1cc(C)cc(C)c1.O=S(=O)([N-]S(=O)(=O)C(F)(F)F)C(F)(F)F. The van der Waals surface area contributed by atoms with Crippen LogP contribution in [0.15, 0.2) is 18.5 Å². The number of hydrogen-bond acceptors (Lipinski definition) is 4. The molecule has 0 spiro atoms. The third-order valence-corrected chi connectivity index (χ3v) is 5.20. The first kappa shape index (κ1) is 24.6. The van der Waals surface area contributed by atoms with E-state index in [4.69, 9.17) is 0 Å². The van der Waals surface area contributed by atoms with Crippen LogP contribution in [0.3, 0.4) is 0 Å². The van der Waals surface area contributed by atoms with Gasteiger partial charge in [-0.05, 0) is 19.9 Å². The molecule has 0 fully saturated rings. The van der Waals surface area contributed by atoms with Gasteiger partial charge in [-0.25, -0.2) is 21.4 Å². The molecule has 6 nitrogen and oxygen atoms in total. The summed E-state index contributed by atoms with van der Waals surface area (Å²) in [4.78, 5) is 0. The Morgan fingerprint density at radius 3 is 1.50 bits per heavy atom. The second-order valence-electron chi connectivity index (χ2n) is 5.04. The zero-order chi connectivity index (χ0) is 21.0. The van der Waals surface area contributed by atoms with Gasteiger partial charge >= 0.3 is 11.0 Å². The number of halogens is 6.